The Bertz CT molecular complexity index is 1070. The Morgan fingerprint density at radius 2 is 1.93 bits per heavy atom. The number of benzene rings is 2. The Morgan fingerprint density at radius 3 is 2.62 bits per heavy atom. The molecular weight excluding hydrogens is 414 g/mol. The molecule has 2 rings (SSSR count). The van der Waals surface area contributed by atoms with Gasteiger partial charge >= 0.3 is 0 Å². The van der Waals surface area contributed by atoms with Crippen molar-refractivity contribution < 1.29 is 13.3 Å². The van der Waals surface area contributed by atoms with Crippen LogP contribution >= 0.6 is 12.2 Å². The topological polar surface area (TPSA) is 117 Å². The van der Waals surface area contributed by atoms with Crippen molar-refractivity contribution in [1.29, 1.82) is 0 Å². The number of nitro benzene ring substituents is 1. The maximum Gasteiger partial charge on any atom is 0.276 e. The van der Waals surface area contributed by atoms with E-state index in [1.807, 2.05) is 0 Å². The lowest BCUT2D eigenvalue weighted by atomic mass is 10.2. The first kappa shape index (κ1) is 22.1. The van der Waals surface area contributed by atoms with Crippen molar-refractivity contribution in [2.45, 2.75) is 4.90 Å². The fraction of sp³-hybridized carbons (Fsp3) is 0.111. The van der Waals surface area contributed by atoms with Gasteiger partial charge in [0.1, 0.15) is 0 Å². The number of hydrogen-bond acceptors (Lipinski definition) is 6. The Morgan fingerprint density at radius 1 is 1.21 bits per heavy atom. The number of sulfonamides is 1. The second kappa shape index (κ2) is 9.87. The van der Waals surface area contributed by atoms with Crippen molar-refractivity contribution in [3.8, 4) is 0 Å². The predicted octanol–water partition coefficient (Wildman–Crippen LogP) is 2.83. The minimum absolute atomic E-state index is 0.00476. The average molecular weight is 434 g/mol. The van der Waals surface area contributed by atoms with Gasteiger partial charge in [-0.05, 0) is 48.6 Å². The number of rotatable bonds is 7. The molecule has 0 saturated carbocycles. The number of hydrogen-bond donors (Lipinski definition) is 2. The van der Waals surface area contributed by atoms with Gasteiger partial charge in [-0.3, -0.25) is 15.5 Å². The van der Waals surface area contributed by atoms with Crippen LogP contribution < -0.4 is 10.7 Å². The van der Waals surface area contributed by atoms with Crippen LogP contribution in [0.1, 0.15) is 5.56 Å². The molecule has 0 aliphatic heterocycles. The zero-order valence-electron chi connectivity index (χ0n) is 15.6. The summed E-state index contributed by atoms with van der Waals surface area (Å²) < 4.78 is 25.5. The third kappa shape index (κ3) is 6.17. The molecule has 0 aromatic heterocycles. The lowest BCUT2D eigenvalue weighted by molar-refractivity contribution is -0.385. The zero-order valence-corrected chi connectivity index (χ0v) is 17.3. The Kier molecular flexibility index (Phi) is 7.53. The molecule has 0 unspecified atom stereocenters. The monoisotopic (exact) mass is 433 g/mol. The molecule has 0 saturated heterocycles. The summed E-state index contributed by atoms with van der Waals surface area (Å²) in [4.78, 5) is 10.6. The molecule has 11 heteroatoms. The van der Waals surface area contributed by atoms with Gasteiger partial charge in [-0.1, -0.05) is 18.2 Å². The van der Waals surface area contributed by atoms with Gasteiger partial charge in [-0.2, -0.15) is 5.10 Å². The van der Waals surface area contributed by atoms with Crippen molar-refractivity contribution in [3.05, 3.63) is 70.3 Å². The Labute approximate surface area is 173 Å². The molecule has 152 valence electrons. The smallest absolute Gasteiger partial charge is 0.276 e. The molecule has 0 amide bonds. The van der Waals surface area contributed by atoms with E-state index in [9.17, 15) is 18.5 Å². The van der Waals surface area contributed by atoms with E-state index in [2.05, 4.69) is 15.8 Å². The summed E-state index contributed by atoms with van der Waals surface area (Å²) in [5, 5.41) is 17.8. The number of thiocarbonyl (C=S) groups is 1. The molecule has 0 aliphatic rings. The van der Waals surface area contributed by atoms with Crippen LogP contribution in [0.25, 0.3) is 6.08 Å². The van der Waals surface area contributed by atoms with Gasteiger partial charge in [0.2, 0.25) is 10.0 Å². The van der Waals surface area contributed by atoms with Gasteiger partial charge in [0, 0.05) is 32.1 Å². The van der Waals surface area contributed by atoms with E-state index in [0.717, 1.165) is 4.31 Å². The maximum absolute atomic E-state index is 12.2. The molecule has 0 bridgehead atoms. The van der Waals surface area contributed by atoms with Crippen molar-refractivity contribution in [2.24, 2.45) is 5.10 Å². The summed E-state index contributed by atoms with van der Waals surface area (Å²) in [6.45, 7) is 0. The molecule has 0 aliphatic carbocycles. The van der Waals surface area contributed by atoms with Crippen LogP contribution in [0.15, 0.2) is 64.6 Å². The number of allylic oxidation sites excluding steroid dienone is 1. The SMILES string of the molecule is CN(C)S(=O)(=O)c1cccc(NC(=S)NN=CC=Cc2ccccc2[N+](=O)[O-])c1. The second-order valence-electron chi connectivity index (χ2n) is 5.83. The molecule has 2 aromatic rings. The van der Waals surface area contributed by atoms with E-state index in [1.165, 1.54) is 44.6 Å². The van der Waals surface area contributed by atoms with Crippen LogP contribution in [0.3, 0.4) is 0 Å². The van der Waals surface area contributed by atoms with Gasteiger partial charge < -0.3 is 5.32 Å². The fourth-order valence-corrected chi connectivity index (χ4v) is 3.30. The van der Waals surface area contributed by atoms with E-state index in [0.29, 0.717) is 11.3 Å². The average Bonchev–Trinajstić information content (AvgIpc) is 2.68. The van der Waals surface area contributed by atoms with Gasteiger partial charge in [-0.25, -0.2) is 12.7 Å². The summed E-state index contributed by atoms with van der Waals surface area (Å²) >= 11 is 5.11. The Hall–Kier alpha value is -3.15. The van der Waals surface area contributed by atoms with E-state index < -0.39 is 14.9 Å². The van der Waals surface area contributed by atoms with E-state index in [-0.39, 0.29) is 15.7 Å². The molecule has 0 atom stereocenters. The number of nitro groups is 1. The third-order valence-electron chi connectivity index (χ3n) is 3.61. The second-order valence-corrected chi connectivity index (χ2v) is 8.39. The Balaban J connectivity index is 1.96. The number of nitrogens with zero attached hydrogens (tertiary/aromatic N) is 3. The van der Waals surface area contributed by atoms with Crippen molar-refractivity contribution in [2.75, 3.05) is 19.4 Å². The van der Waals surface area contributed by atoms with Crippen LogP contribution in [0.5, 0.6) is 0 Å². The summed E-state index contributed by atoms with van der Waals surface area (Å²) in [5.74, 6) is 0. The van der Waals surface area contributed by atoms with E-state index in [1.54, 1.807) is 36.4 Å². The van der Waals surface area contributed by atoms with Crippen molar-refractivity contribution in [3.63, 3.8) is 0 Å². The third-order valence-corrected chi connectivity index (χ3v) is 5.61. The molecule has 0 heterocycles. The van der Waals surface area contributed by atoms with Crippen LogP contribution in [0.4, 0.5) is 11.4 Å². The highest BCUT2D eigenvalue weighted by molar-refractivity contribution is 7.89. The van der Waals surface area contributed by atoms with Crippen LogP contribution in [-0.2, 0) is 10.0 Å². The number of para-hydroxylation sites is 1. The summed E-state index contributed by atoms with van der Waals surface area (Å²) in [6.07, 6.45) is 4.47. The van der Waals surface area contributed by atoms with Crippen LogP contribution in [-0.4, -0.2) is 43.1 Å². The predicted molar refractivity (Wildman–Crippen MR) is 117 cm³/mol. The molecule has 0 radical (unpaired) electrons. The summed E-state index contributed by atoms with van der Waals surface area (Å²) in [5.41, 5.74) is 3.51. The van der Waals surface area contributed by atoms with Crippen LogP contribution in [0.2, 0.25) is 0 Å². The molecule has 0 fully saturated rings. The summed E-state index contributed by atoms with van der Waals surface area (Å²) in [6, 6.07) is 12.5. The minimum Gasteiger partial charge on any atom is -0.331 e. The fourth-order valence-electron chi connectivity index (χ4n) is 2.18. The lowest BCUT2D eigenvalue weighted by Gasteiger charge is -2.13. The van der Waals surface area contributed by atoms with Gasteiger partial charge in [0.05, 0.1) is 15.4 Å². The zero-order chi connectivity index (χ0) is 21.4. The van der Waals surface area contributed by atoms with E-state index in [4.69, 9.17) is 12.2 Å². The van der Waals surface area contributed by atoms with Gasteiger partial charge in [0.15, 0.2) is 5.11 Å². The standard InChI is InChI=1S/C18H19N5O4S2/c1-22(2)29(26,27)16-10-5-9-15(13-16)20-18(28)21-19-12-6-8-14-7-3-4-11-17(14)23(24)25/h3-13H,1-2H3,(H2,20,21,28). The van der Waals surface area contributed by atoms with Crippen molar-refractivity contribution >= 4 is 51.0 Å². The number of hydrazone groups is 1. The molecule has 2 N–H and O–H groups in total. The molecule has 2 aromatic carbocycles. The largest absolute Gasteiger partial charge is 0.331 e. The van der Waals surface area contributed by atoms with Gasteiger partial charge in [0.25, 0.3) is 5.69 Å². The highest BCUT2D eigenvalue weighted by Crippen LogP contribution is 2.19. The van der Waals surface area contributed by atoms with Crippen LogP contribution in [0, 0.1) is 10.1 Å². The first-order valence-corrected chi connectivity index (χ1v) is 10.1. The molecule has 0 spiro atoms. The normalized spacial score (nSPS) is 11.8. The maximum atomic E-state index is 12.2. The number of anilines is 1. The highest BCUT2D eigenvalue weighted by atomic mass is 32.2. The van der Waals surface area contributed by atoms with Crippen molar-refractivity contribution in [1.82, 2.24) is 9.73 Å². The number of nitrogens with one attached hydrogen (secondary N) is 2. The molecule has 29 heavy (non-hydrogen) atoms. The minimum atomic E-state index is -3.55. The highest BCUT2D eigenvalue weighted by Gasteiger charge is 2.17. The van der Waals surface area contributed by atoms with E-state index >= 15 is 0 Å². The molecule has 9 nitrogen and oxygen atoms in total. The first-order valence-electron chi connectivity index (χ1n) is 8.24. The summed E-state index contributed by atoms with van der Waals surface area (Å²) in [7, 11) is -0.648. The molecular formula is C18H19N5O4S2. The van der Waals surface area contributed by atoms with Gasteiger partial charge in [-0.15, -0.1) is 0 Å². The quantitative estimate of drug-likeness (QED) is 0.298. The lowest BCUT2D eigenvalue weighted by Crippen LogP contribution is -2.24. The first-order chi connectivity index (χ1) is 13.7.